The van der Waals surface area contributed by atoms with Gasteiger partial charge in [-0.3, -0.25) is 4.90 Å². The van der Waals surface area contributed by atoms with Gasteiger partial charge in [0.15, 0.2) is 5.03 Å². The molecule has 0 bridgehead atoms. The minimum absolute atomic E-state index is 0.147. The van der Waals surface area contributed by atoms with Crippen molar-refractivity contribution in [2.24, 2.45) is 0 Å². The summed E-state index contributed by atoms with van der Waals surface area (Å²) in [5.41, 5.74) is 2.91. The van der Waals surface area contributed by atoms with E-state index in [9.17, 15) is 8.42 Å². The monoisotopic (exact) mass is 441 g/mol. The van der Waals surface area contributed by atoms with Crippen molar-refractivity contribution in [1.82, 2.24) is 9.88 Å². The van der Waals surface area contributed by atoms with E-state index < -0.39 is 9.84 Å². The number of benzene rings is 2. The van der Waals surface area contributed by atoms with Crippen molar-refractivity contribution in [3.63, 3.8) is 0 Å². The second-order valence-electron chi connectivity index (χ2n) is 7.52. The molecule has 1 saturated heterocycles. The number of aryl methyl sites for hydroxylation is 1. The van der Waals surface area contributed by atoms with Gasteiger partial charge in [0.2, 0.25) is 9.84 Å². The molecule has 0 amide bonds. The van der Waals surface area contributed by atoms with Crippen molar-refractivity contribution in [2.75, 3.05) is 31.1 Å². The van der Waals surface area contributed by atoms with Crippen LogP contribution >= 0.6 is 11.6 Å². The zero-order valence-electron chi connectivity index (χ0n) is 16.8. The quantitative estimate of drug-likeness (QED) is 0.594. The highest BCUT2D eigenvalue weighted by Crippen LogP contribution is 2.25. The minimum Gasteiger partial charge on any atom is -0.369 e. The molecule has 2 aromatic carbocycles. The fourth-order valence-electron chi connectivity index (χ4n) is 3.67. The zero-order valence-corrected chi connectivity index (χ0v) is 18.4. The molecule has 30 heavy (non-hydrogen) atoms. The minimum atomic E-state index is -3.66. The van der Waals surface area contributed by atoms with Crippen LogP contribution in [-0.2, 0) is 16.4 Å². The Balaban J connectivity index is 1.49. The Morgan fingerprint density at radius 2 is 1.60 bits per heavy atom. The lowest BCUT2D eigenvalue weighted by Gasteiger charge is -2.36. The predicted molar refractivity (Wildman–Crippen MR) is 120 cm³/mol. The first-order valence-electron chi connectivity index (χ1n) is 9.92. The Labute approximate surface area is 182 Å². The molecular formula is C23H24ClN3O2S. The summed E-state index contributed by atoms with van der Waals surface area (Å²) < 4.78 is 26.3. The number of aromatic nitrogens is 1. The van der Waals surface area contributed by atoms with Crippen molar-refractivity contribution in [2.45, 2.75) is 23.4 Å². The fraction of sp³-hybridized carbons (Fsp3) is 0.261. The highest BCUT2D eigenvalue weighted by molar-refractivity contribution is 7.91. The normalized spacial score (nSPS) is 15.3. The van der Waals surface area contributed by atoms with Gasteiger partial charge in [-0.05, 0) is 49.4 Å². The van der Waals surface area contributed by atoms with Crippen LogP contribution < -0.4 is 4.90 Å². The van der Waals surface area contributed by atoms with Gasteiger partial charge in [0.1, 0.15) is 0 Å². The number of pyridine rings is 1. The van der Waals surface area contributed by atoms with Crippen molar-refractivity contribution >= 4 is 27.1 Å². The molecule has 0 saturated carbocycles. The number of nitrogens with zero attached hydrogens (tertiary/aromatic N) is 3. The molecular weight excluding hydrogens is 418 g/mol. The molecule has 1 fully saturated rings. The van der Waals surface area contributed by atoms with Gasteiger partial charge in [0.25, 0.3) is 0 Å². The van der Waals surface area contributed by atoms with Crippen LogP contribution in [0.5, 0.6) is 0 Å². The Morgan fingerprint density at radius 3 is 2.27 bits per heavy atom. The average molecular weight is 442 g/mol. The predicted octanol–water partition coefficient (Wildman–Crippen LogP) is 4.20. The first-order valence-corrected chi connectivity index (χ1v) is 11.8. The molecule has 0 N–H and O–H groups in total. The standard InChI is InChI=1S/C23H24ClN3O2S/c1-18-4-10-22(11-5-18)30(28,29)23-19(3-2-12-25-23)17-26-13-15-27(16-14-26)21-8-6-20(24)7-9-21/h2-12H,13-17H2,1H3. The highest BCUT2D eigenvalue weighted by atomic mass is 35.5. The Morgan fingerprint density at radius 1 is 0.933 bits per heavy atom. The van der Waals surface area contributed by atoms with Crippen LogP contribution in [0.15, 0.2) is 76.8 Å². The van der Waals surface area contributed by atoms with Crippen LogP contribution in [0, 0.1) is 6.92 Å². The molecule has 0 aliphatic carbocycles. The molecule has 0 unspecified atom stereocenters. The maximum atomic E-state index is 13.2. The third kappa shape index (κ3) is 4.51. The first-order chi connectivity index (χ1) is 14.4. The van der Waals surface area contributed by atoms with Crippen LogP contribution in [0.3, 0.4) is 0 Å². The van der Waals surface area contributed by atoms with Gasteiger partial charge in [-0.15, -0.1) is 0 Å². The van der Waals surface area contributed by atoms with E-state index in [0.717, 1.165) is 48.0 Å². The largest absolute Gasteiger partial charge is 0.369 e. The summed E-state index contributed by atoms with van der Waals surface area (Å²) in [5.74, 6) is 0. The van der Waals surface area contributed by atoms with Crippen molar-refractivity contribution in [3.05, 3.63) is 83.0 Å². The average Bonchev–Trinajstić information content (AvgIpc) is 2.75. The third-order valence-electron chi connectivity index (χ3n) is 5.39. The number of anilines is 1. The van der Waals surface area contributed by atoms with E-state index in [2.05, 4.69) is 14.8 Å². The number of rotatable bonds is 5. The maximum Gasteiger partial charge on any atom is 0.224 e. The van der Waals surface area contributed by atoms with E-state index in [1.165, 1.54) is 0 Å². The van der Waals surface area contributed by atoms with Crippen LogP contribution in [-0.4, -0.2) is 44.5 Å². The smallest absolute Gasteiger partial charge is 0.224 e. The van der Waals surface area contributed by atoms with Crippen LogP contribution in [0.2, 0.25) is 5.02 Å². The Hall–Kier alpha value is -2.41. The van der Waals surface area contributed by atoms with Crippen molar-refractivity contribution < 1.29 is 8.42 Å². The molecule has 3 aromatic rings. The number of sulfone groups is 1. The lowest BCUT2D eigenvalue weighted by atomic mass is 10.2. The van der Waals surface area contributed by atoms with E-state index in [0.29, 0.717) is 6.54 Å². The fourth-order valence-corrected chi connectivity index (χ4v) is 5.19. The van der Waals surface area contributed by atoms with Gasteiger partial charge in [0, 0.05) is 55.2 Å². The van der Waals surface area contributed by atoms with Gasteiger partial charge in [0.05, 0.1) is 4.90 Å². The number of hydrogen-bond donors (Lipinski definition) is 0. The summed E-state index contributed by atoms with van der Waals surface area (Å²) in [7, 11) is -3.66. The van der Waals surface area contributed by atoms with E-state index in [1.54, 1.807) is 24.4 Å². The van der Waals surface area contributed by atoms with Crippen molar-refractivity contribution in [1.29, 1.82) is 0 Å². The van der Waals surface area contributed by atoms with E-state index in [1.807, 2.05) is 49.4 Å². The molecule has 7 heteroatoms. The van der Waals surface area contributed by atoms with Crippen LogP contribution in [0.1, 0.15) is 11.1 Å². The van der Waals surface area contributed by atoms with Gasteiger partial charge in [-0.2, -0.15) is 0 Å². The molecule has 5 nitrogen and oxygen atoms in total. The van der Waals surface area contributed by atoms with Gasteiger partial charge >= 0.3 is 0 Å². The second-order valence-corrected chi connectivity index (χ2v) is 9.83. The van der Waals surface area contributed by atoms with Gasteiger partial charge in [-0.1, -0.05) is 35.4 Å². The van der Waals surface area contributed by atoms with E-state index in [-0.39, 0.29) is 9.92 Å². The molecule has 1 aliphatic heterocycles. The molecule has 156 valence electrons. The molecule has 0 spiro atoms. The zero-order chi connectivity index (χ0) is 21.1. The summed E-state index contributed by atoms with van der Waals surface area (Å²) >= 11 is 5.99. The highest BCUT2D eigenvalue weighted by Gasteiger charge is 2.25. The molecule has 1 aromatic heterocycles. The second kappa shape index (κ2) is 8.76. The number of hydrogen-bond acceptors (Lipinski definition) is 5. The summed E-state index contributed by atoms with van der Waals surface area (Å²) in [4.78, 5) is 9.12. The summed E-state index contributed by atoms with van der Waals surface area (Å²) in [6, 6.07) is 18.4. The molecule has 0 radical (unpaired) electrons. The lowest BCUT2D eigenvalue weighted by Crippen LogP contribution is -2.46. The first kappa shape index (κ1) is 20.8. The molecule has 2 heterocycles. The van der Waals surface area contributed by atoms with Crippen LogP contribution in [0.25, 0.3) is 0 Å². The number of piperazine rings is 1. The summed E-state index contributed by atoms with van der Waals surface area (Å²) in [5, 5.41) is 0.880. The van der Waals surface area contributed by atoms with Crippen molar-refractivity contribution in [3.8, 4) is 0 Å². The Bertz CT molecular complexity index is 1110. The SMILES string of the molecule is Cc1ccc(S(=O)(=O)c2ncccc2CN2CCN(c3ccc(Cl)cc3)CC2)cc1. The van der Waals surface area contributed by atoms with Gasteiger partial charge < -0.3 is 4.90 Å². The topological polar surface area (TPSA) is 53.5 Å². The summed E-state index contributed by atoms with van der Waals surface area (Å²) in [6.45, 7) is 5.95. The number of halogens is 1. The van der Waals surface area contributed by atoms with E-state index >= 15 is 0 Å². The van der Waals surface area contributed by atoms with Crippen LogP contribution in [0.4, 0.5) is 5.69 Å². The summed E-state index contributed by atoms with van der Waals surface area (Å²) in [6.07, 6.45) is 1.54. The maximum absolute atomic E-state index is 13.2. The van der Waals surface area contributed by atoms with Gasteiger partial charge in [-0.25, -0.2) is 13.4 Å². The molecule has 1 aliphatic rings. The van der Waals surface area contributed by atoms with E-state index in [4.69, 9.17) is 11.6 Å². The lowest BCUT2D eigenvalue weighted by molar-refractivity contribution is 0.247. The third-order valence-corrected chi connectivity index (χ3v) is 7.42. The Kier molecular flexibility index (Phi) is 6.09. The molecule has 0 atom stereocenters. The molecule has 4 rings (SSSR count).